The van der Waals surface area contributed by atoms with Crippen molar-refractivity contribution in [1.82, 2.24) is 0 Å². The molecule has 0 rings (SSSR count). The zero-order valence-electron chi connectivity index (χ0n) is 5.91. The molecule has 0 aromatic heterocycles. The maximum Gasteiger partial charge on any atom is 0.0363 e. The Bertz CT molecular complexity index is 105. The molecule has 68 valence electrons. The monoisotopic (exact) mass is 716 g/mol. The standard InChI is InChI=1S/C6H9I5/c1-3(8)5(10)6(11)4(9)2-7/h3-6H,2H2,1H3. The molecular weight excluding hydrogens is 707 g/mol. The van der Waals surface area contributed by atoms with Crippen molar-refractivity contribution in [3.8, 4) is 0 Å². The van der Waals surface area contributed by atoms with E-state index in [1.807, 2.05) is 0 Å². The average Bonchev–Trinajstić information content (AvgIpc) is 2.00. The summed E-state index contributed by atoms with van der Waals surface area (Å²) in [6.07, 6.45) is 0. The first-order chi connectivity index (χ1) is 5.00. The highest BCUT2D eigenvalue weighted by Gasteiger charge is 2.25. The van der Waals surface area contributed by atoms with E-state index >= 15 is 0 Å². The van der Waals surface area contributed by atoms with Crippen molar-refractivity contribution in [2.75, 3.05) is 4.43 Å². The molecule has 4 atom stereocenters. The Labute approximate surface area is 137 Å². The fraction of sp³-hybridized carbons (Fsp3) is 1.00. The largest absolute Gasteiger partial charge is 0.0852 e. The highest BCUT2D eigenvalue weighted by Crippen LogP contribution is 2.30. The van der Waals surface area contributed by atoms with Gasteiger partial charge in [-0.3, -0.25) is 0 Å². The van der Waals surface area contributed by atoms with Crippen LogP contribution in [0.4, 0.5) is 0 Å². The van der Waals surface area contributed by atoms with Crippen LogP contribution in [0.1, 0.15) is 6.92 Å². The van der Waals surface area contributed by atoms with Crippen LogP contribution in [0.2, 0.25) is 0 Å². The van der Waals surface area contributed by atoms with Crippen LogP contribution in [0.3, 0.4) is 0 Å². The third-order valence-corrected chi connectivity index (χ3v) is 13.5. The van der Waals surface area contributed by atoms with E-state index in [-0.39, 0.29) is 0 Å². The van der Waals surface area contributed by atoms with Gasteiger partial charge < -0.3 is 0 Å². The van der Waals surface area contributed by atoms with Gasteiger partial charge in [0.2, 0.25) is 0 Å². The zero-order chi connectivity index (χ0) is 9.02. The Morgan fingerprint density at radius 1 is 1.00 bits per heavy atom. The summed E-state index contributed by atoms with van der Waals surface area (Å²) in [5, 5.41) is 0. The van der Waals surface area contributed by atoms with Crippen LogP contribution in [0, 0.1) is 0 Å². The second kappa shape index (κ2) is 7.88. The molecule has 0 heterocycles. The molecule has 0 radical (unpaired) electrons. The quantitative estimate of drug-likeness (QED) is 0.294. The maximum atomic E-state index is 2.58. The first-order valence-corrected chi connectivity index (χ1v) is 9.63. The predicted molar refractivity (Wildman–Crippen MR) is 95.8 cm³/mol. The molecule has 0 aromatic carbocycles. The molecule has 0 aliphatic heterocycles. The molecule has 4 unspecified atom stereocenters. The molecule has 11 heavy (non-hydrogen) atoms. The SMILES string of the molecule is CC(I)C(I)C(I)C(I)CI. The molecule has 0 aromatic rings. The Morgan fingerprint density at radius 3 is 1.73 bits per heavy atom. The summed E-state index contributed by atoms with van der Waals surface area (Å²) in [7, 11) is 0. The second-order valence-corrected chi connectivity index (χ2v) is 9.56. The van der Waals surface area contributed by atoms with Crippen molar-refractivity contribution < 1.29 is 0 Å². The predicted octanol–water partition coefficient (Wildman–Crippen LogP) is 4.66. The fourth-order valence-electron chi connectivity index (χ4n) is 0.538. The molecule has 0 fully saturated rings. The molecule has 0 saturated carbocycles. The third-order valence-electron chi connectivity index (χ3n) is 1.24. The van der Waals surface area contributed by atoms with Crippen molar-refractivity contribution in [1.29, 1.82) is 0 Å². The fourth-order valence-corrected chi connectivity index (χ4v) is 5.92. The van der Waals surface area contributed by atoms with Crippen LogP contribution in [0.5, 0.6) is 0 Å². The van der Waals surface area contributed by atoms with Crippen molar-refractivity contribution in [3.05, 3.63) is 0 Å². The summed E-state index contributed by atoms with van der Waals surface area (Å²) in [4.78, 5) is 0. The van der Waals surface area contributed by atoms with Crippen LogP contribution >= 0.6 is 113 Å². The summed E-state index contributed by atoms with van der Waals surface area (Å²) in [6.45, 7) is 2.29. The smallest absolute Gasteiger partial charge is 0.0363 e. The van der Waals surface area contributed by atoms with Crippen molar-refractivity contribution in [2.24, 2.45) is 0 Å². The molecule has 0 spiro atoms. The highest BCUT2D eigenvalue weighted by atomic mass is 127. The van der Waals surface area contributed by atoms with E-state index in [4.69, 9.17) is 0 Å². The number of alkyl halides is 5. The highest BCUT2D eigenvalue weighted by molar-refractivity contribution is 14.1. The third kappa shape index (κ3) is 5.95. The van der Waals surface area contributed by atoms with E-state index < -0.39 is 0 Å². The summed E-state index contributed by atoms with van der Waals surface area (Å²) in [5.41, 5.74) is 0. The Balaban J connectivity index is 3.90. The minimum atomic E-state index is 0.773. The van der Waals surface area contributed by atoms with Gasteiger partial charge in [0.1, 0.15) is 0 Å². The van der Waals surface area contributed by atoms with E-state index in [1.165, 1.54) is 4.43 Å². The van der Waals surface area contributed by atoms with Gasteiger partial charge in [0.05, 0.1) is 0 Å². The van der Waals surface area contributed by atoms with Gasteiger partial charge in [0.25, 0.3) is 0 Å². The Hall–Kier alpha value is 3.65. The van der Waals surface area contributed by atoms with Gasteiger partial charge in [0.15, 0.2) is 0 Å². The van der Waals surface area contributed by atoms with Gasteiger partial charge in [-0.1, -0.05) is 120 Å². The number of hydrogen-bond donors (Lipinski definition) is 0. The summed E-state index contributed by atoms with van der Waals surface area (Å²) >= 11 is 12.7. The van der Waals surface area contributed by atoms with Gasteiger partial charge in [0, 0.05) is 20.1 Å². The lowest BCUT2D eigenvalue weighted by molar-refractivity contribution is 0.846. The van der Waals surface area contributed by atoms with E-state index in [1.54, 1.807) is 0 Å². The molecule has 0 aliphatic rings. The topological polar surface area (TPSA) is 0 Å². The summed E-state index contributed by atoms with van der Waals surface area (Å²) < 4.78 is 4.45. The Morgan fingerprint density at radius 2 is 1.45 bits per heavy atom. The minimum absolute atomic E-state index is 0.773. The normalized spacial score (nSPS) is 22.4. The molecule has 0 N–H and O–H groups in total. The van der Waals surface area contributed by atoms with E-state index in [0.717, 1.165) is 15.7 Å². The molecule has 0 bridgehead atoms. The van der Waals surface area contributed by atoms with Crippen LogP contribution in [-0.2, 0) is 0 Å². The van der Waals surface area contributed by atoms with E-state index in [0.29, 0.717) is 0 Å². The van der Waals surface area contributed by atoms with Gasteiger partial charge in [-0.25, -0.2) is 0 Å². The van der Waals surface area contributed by atoms with Gasteiger partial charge in [-0.15, -0.1) is 0 Å². The van der Waals surface area contributed by atoms with E-state index in [9.17, 15) is 0 Å². The van der Waals surface area contributed by atoms with Gasteiger partial charge >= 0.3 is 0 Å². The number of hydrogen-bond acceptors (Lipinski definition) is 0. The lowest BCUT2D eigenvalue weighted by Gasteiger charge is -2.22. The van der Waals surface area contributed by atoms with E-state index in [2.05, 4.69) is 120 Å². The van der Waals surface area contributed by atoms with Crippen molar-refractivity contribution in [2.45, 2.75) is 22.6 Å². The Kier molecular flexibility index (Phi) is 10.5. The van der Waals surface area contributed by atoms with Crippen molar-refractivity contribution >= 4 is 113 Å². The minimum Gasteiger partial charge on any atom is -0.0852 e. The summed E-state index contributed by atoms with van der Waals surface area (Å²) in [6, 6.07) is 0. The number of halogens is 5. The first kappa shape index (κ1) is 14.6. The lowest BCUT2D eigenvalue weighted by Crippen LogP contribution is -2.30. The average molecular weight is 716 g/mol. The van der Waals surface area contributed by atoms with Crippen LogP contribution in [-0.4, -0.2) is 20.1 Å². The van der Waals surface area contributed by atoms with Crippen LogP contribution in [0.15, 0.2) is 0 Å². The first-order valence-electron chi connectivity index (χ1n) is 3.13. The lowest BCUT2D eigenvalue weighted by atomic mass is 10.2. The van der Waals surface area contributed by atoms with Gasteiger partial charge in [-0.05, 0) is 0 Å². The molecule has 5 heteroatoms. The maximum absolute atomic E-state index is 2.58. The molecule has 0 amide bonds. The molecule has 0 nitrogen and oxygen atoms in total. The molecule has 0 aliphatic carbocycles. The molecule has 0 saturated heterocycles. The van der Waals surface area contributed by atoms with Crippen LogP contribution in [0.25, 0.3) is 0 Å². The summed E-state index contributed by atoms with van der Waals surface area (Å²) in [5.74, 6) is 0. The molecular formula is C6H9I5. The van der Waals surface area contributed by atoms with Gasteiger partial charge in [-0.2, -0.15) is 0 Å². The van der Waals surface area contributed by atoms with Crippen LogP contribution < -0.4 is 0 Å². The second-order valence-electron chi connectivity index (χ2n) is 2.24. The number of rotatable bonds is 4. The zero-order valence-corrected chi connectivity index (χ0v) is 16.7. The van der Waals surface area contributed by atoms with Crippen molar-refractivity contribution in [3.63, 3.8) is 0 Å².